The first-order valence-corrected chi connectivity index (χ1v) is 7.14. The maximum Gasteiger partial charge on any atom is 0.320 e. The van der Waals surface area contributed by atoms with Gasteiger partial charge in [0.15, 0.2) is 0 Å². The summed E-state index contributed by atoms with van der Waals surface area (Å²) in [5.74, 6) is -0.280. The summed E-state index contributed by atoms with van der Waals surface area (Å²) in [4.78, 5) is 10.9. The summed E-state index contributed by atoms with van der Waals surface area (Å²) in [7, 11) is 1.38. The zero-order chi connectivity index (χ0) is 14.4. The lowest BCUT2D eigenvalue weighted by Gasteiger charge is -2.12. The van der Waals surface area contributed by atoms with E-state index >= 15 is 0 Å². The second kappa shape index (κ2) is 7.21. The molecule has 0 amide bonds. The van der Waals surface area contributed by atoms with Gasteiger partial charge in [0, 0.05) is 25.5 Å². The first kappa shape index (κ1) is 14.7. The number of nitrogens with zero attached hydrogens (tertiary/aromatic N) is 2. The molecule has 0 aliphatic rings. The molecule has 0 fully saturated rings. The number of carbonyl (C=O) groups excluding carboxylic acids is 1. The maximum atomic E-state index is 11.3. The fourth-order valence-electron chi connectivity index (χ4n) is 1.84. The molecule has 0 aliphatic heterocycles. The summed E-state index contributed by atoms with van der Waals surface area (Å²) < 4.78 is 6.48. The smallest absolute Gasteiger partial charge is 0.320 e. The van der Waals surface area contributed by atoms with Crippen molar-refractivity contribution in [2.45, 2.75) is 11.4 Å². The molecule has 106 valence electrons. The molecule has 1 N–H and O–H groups in total. The summed E-state index contributed by atoms with van der Waals surface area (Å²) in [6.45, 7) is 1.15. The van der Waals surface area contributed by atoms with Gasteiger partial charge in [-0.05, 0) is 17.7 Å². The fourth-order valence-corrected chi connectivity index (χ4v) is 2.26. The van der Waals surface area contributed by atoms with Crippen molar-refractivity contribution in [3.8, 4) is 5.69 Å². The Morgan fingerprint density at radius 3 is 2.95 bits per heavy atom. The zero-order valence-electron chi connectivity index (χ0n) is 11.1. The first-order chi connectivity index (χ1) is 9.72. The Balaban J connectivity index is 1.99. The molecule has 0 saturated carbocycles. The third-order valence-corrected chi connectivity index (χ3v) is 3.54. The third kappa shape index (κ3) is 3.68. The van der Waals surface area contributed by atoms with Crippen LogP contribution in [-0.2, 0) is 16.1 Å². The third-order valence-electron chi connectivity index (χ3n) is 2.84. The molecule has 1 heterocycles. The predicted molar refractivity (Wildman–Crippen MR) is 80.0 cm³/mol. The number of rotatable bonds is 6. The van der Waals surface area contributed by atoms with Gasteiger partial charge in [0.05, 0.1) is 12.8 Å². The molecule has 1 unspecified atom stereocenters. The SMILES string of the molecule is COC(=O)C(Br)CNCc1ccccc1-n1cccn1. The molecule has 0 aliphatic carbocycles. The van der Waals surface area contributed by atoms with Crippen LogP contribution < -0.4 is 5.32 Å². The van der Waals surface area contributed by atoms with Gasteiger partial charge in [-0.2, -0.15) is 5.10 Å². The van der Waals surface area contributed by atoms with Gasteiger partial charge < -0.3 is 10.1 Å². The van der Waals surface area contributed by atoms with Crippen molar-refractivity contribution in [3.05, 3.63) is 48.3 Å². The second-order valence-electron chi connectivity index (χ2n) is 4.20. The zero-order valence-corrected chi connectivity index (χ0v) is 12.7. The number of hydrogen-bond acceptors (Lipinski definition) is 4. The van der Waals surface area contributed by atoms with Gasteiger partial charge in [0.2, 0.25) is 0 Å². The van der Waals surface area contributed by atoms with Gasteiger partial charge in [0.1, 0.15) is 4.83 Å². The molecular weight excluding hydrogens is 322 g/mol. The minimum Gasteiger partial charge on any atom is -0.468 e. The predicted octanol–water partition coefficient (Wildman–Crippen LogP) is 1.90. The number of alkyl halides is 1. The molecule has 20 heavy (non-hydrogen) atoms. The number of benzene rings is 1. The van der Waals surface area contributed by atoms with E-state index in [2.05, 4.69) is 31.1 Å². The van der Waals surface area contributed by atoms with Crippen LogP contribution in [0.5, 0.6) is 0 Å². The van der Waals surface area contributed by atoms with Crippen LogP contribution >= 0.6 is 15.9 Å². The van der Waals surface area contributed by atoms with Gasteiger partial charge in [-0.25, -0.2) is 4.68 Å². The lowest BCUT2D eigenvalue weighted by Crippen LogP contribution is -2.29. The average molecular weight is 338 g/mol. The molecule has 0 radical (unpaired) electrons. The number of para-hydroxylation sites is 1. The van der Waals surface area contributed by atoms with E-state index in [1.165, 1.54) is 7.11 Å². The van der Waals surface area contributed by atoms with Gasteiger partial charge in [0.25, 0.3) is 0 Å². The van der Waals surface area contributed by atoms with Gasteiger partial charge in [-0.1, -0.05) is 34.1 Å². The molecule has 0 saturated heterocycles. The van der Waals surface area contributed by atoms with Crippen LogP contribution in [0.2, 0.25) is 0 Å². The number of ether oxygens (including phenoxy) is 1. The molecule has 1 aromatic heterocycles. The fraction of sp³-hybridized carbons (Fsp3) is 0.286. The van der Waals surface area contributed by atoms with E-state index in [4.69, 9.17) is 0 Å². The van der Waals surface area contributed by atoms with Crippen LogP contribution in [0.25, 0.3) is 5.69 Å². The van der Waals surface area contributed by atoms with Crippen LogP contribution in [0.1, 0.15) is 5.56 Å². The van der Waals surface area contributed by atoms with E-state index in [1.807, 2.05) is 41.2 Å². The van der Waals surface area contributed by atoms with E-state index in [0.29, 0.717) is 13.1 Å². The lowest BCUT2D eigenvalue weighted by atomic mass is 10.2. The van der Waals surface area contributed by atoms with Crippen molar-refractivity contribution in [2.24, 2.45) is 0 Å². The van der Waals surface area contributed by atoms with Crippen molar-refractivity contribution in [2.75, 3.05) is 13.7 Å². The Morgan fingerprint density at radius 2 is 2.25 bits per heavy atom. The van der Waals surface area contributed by atoms with Crippen LogP contribution in [0.3, 0.4) is 0 Å². The molecule has 0 spiro atoms. The molecule has 1 atom stereocenters. The highest BCUT2D eigenvalue weighted by atomic mass is 79.9. The number of carbonyl (C=O) groups is 1. The highest BCUT2D eigenvalue weighted by Gasteiger charge is 2.14. The topological polar surface area (TPSA) is 56.1 Å². The number of aromatic nitrogens is 2. The standard InChI is InChI=1S/C14H16BrN3O2/c1-20-14(19)12(15)10-16-9-11-5-2-3-6-13(11)18-8-4-7-17-18/h2-8,12,16H,9-10H2,1H3. The largest absolute Gasteiger partial charge is 0.468 e. The Hall–Kier alpha value is -1.66. The van der Waals surface area contributed by atoms with Crippen molar-refractivity contribution < 1.29 is 9.53 Å². The second-order valence-corrected chi connectivity index (χ2v) is 5.31. The van der Waals surface area contributed by atoms with Crippen molar-refractivity contribution >= 4 is 21.9 Å². The van der Waals surface area contributed by atoms with Crippen molar-refractivity contribution in [1.82, 2.24) is 15.1 Å². The minimum absolute atomic E-state index is 0.280. The highest BCUT2D eigenvalue weighted by molar-refractivity contribution is 9.10. The summed E-state index contributed by atoms with van der Waals surface area (Å²) in [6.07, 6.45) is 3.65. The average Bonchev–Trinajstić information content (AvgIpc) is 3.00. The van der Waals surface area contributed by atoms with E-state index in [9.17, 15) is 4.79 Å². The Kier molecular flexibility index (Phi) is 5.31. The quantitative estimate of drug-likeness (QED) is 0.646. The van der Waals surface area contributed by atoms with E-state index in [0.717, 1.165) is 11.3 Å². The summed E-state index contributed by atoms with van der Waals surface area (Å²) >= 11 is 3.28. The van der Waals surface area contributed by atoms with Crippen molar-refractivity contribution in [1.29, 1.82) is 0 Å². The van der Waals surface area contributed by atoms with Gasteiger partial charge >= 0.3 is 5.97 Å². The number of nitrogens with one attached hydrogen (secondary N) is 1. The van der Waals surface area contributed by atoms with Gasteiger partial charge in [-0.3, -0.25) is 4.79 Å². The first-order valence-electron chi connectivity index (χ1n) is 6.23. The van der Waals surface area contributed by atoms with Crippen molar-refractivity contribution in [3.63, 3.8) is 0 Å². The molecule has 2 aromatic rings. The Bertz CT molecular complexity index is 557. The monoisotopic (exact) mass is 337 g/mol. The molecule has 6 heteroatoms. The number of hydrogen-bond donors (Lipinski definition) is 1. The van der Waals surface area contributed by atoms with E-state index in [-0.39, 0.29) is 10.8 Å². The van der Waals surface area contributed by atoms with E-state index in [1.54, 1.807) is 6.20 Å². The highest BCUT2D eigenvalue weighted by Crippen LogP contribution is 2.13. The molecule has 1 aromatic carbocycles. The Labute approximate surface area is 126 Å². The van der Waals surface area contributed by atoms with Crippen LogP contribution in [0, 0.1) is 0 Å². The molecule has 2 rings (SSSR count). The molecule has 5 nitrogen and oxygen atoms in total. The number of halogens is 1. The normalized spacial score (nSPS) is 12.1. The minimum atomic E-state index is -0.343. The van der Waals surface area contributed by atoms with E-state index < -0.39 is 0 Å². The lowest BCUT2D eigenvalue weighted by molar-refractivity contribution is -0.139. The number of methoxy groups -OCH3 is 1. The summed E-state index contributed by atoms with van der Waals surface area (Å²) in [5.41, 5.74) is 2.13. The van der Waals surface area contributed by atoms with Crippen LogP contribution in [0.4, 0.5) is 0 Å². The summed E-state index contributed by atoms with van der Waals surface area (Å²) in [5, 5.41) is 7.47. The van der Waals surface area contributed by atoms with Gasteiger partial charge in [-0.15, -0.1) is 0 Å². The number of esters is 1. The maximum absolute atomic E-state index is 11.3. The van der Waals surface area contributed by atoms with Crippen LogP contribution in [-0.4, -0.2) is 34.2 Å². The molecular formula is C14H16BrN3O2. The summed E-state index contributed by atoms with van der Waals surface area (Å²) in [6, 6.07) is 9.88. The van der Waals surface area contributed by atoms with Crippen LogP contribution in [0.15, 0.2) is 42.7 Å². The Morgan fingerprint density at radius 1 is 1.45 bits per heavy atom. The molecule has 0 bridgehead atoms.